The van der Waals surface area contributed by atoms with Crippen LogP contribution in [0.25, 0.3) is 0 Å². The van der Waals surface area contributed by atoms with Crippen molar-refractivity contribution in [2.45, 2.75) is 50.7 Å². The summed E-state index contributed by atoms with van der Waals surface area (Å²) in [7, 11) is 0. The third-order valence-electron chi connectivity index (χ3n) is 5.32. The molecule has 2 aliphatic rings. The van der Waals surface area contributed by atoms with Crippen molar-refractivity contribution in [3.63, 3.8) is 0 Å². The SMILES string of the molecule is O=C(Nc1ccnn1CC1CCOC1)NC1CCCCC1n1cccn1. The normalized spacial score (nSPS) is 25.9. The van der Waals surface area contributed by atoms with E-state index in [1.807, 2.05) is 27.7 Å². The lowest BCUT2D eigenvalue weighted by Crippen LogP contribution is -2.45. The molecule has 1 aliphatic heterocycles. The molecule has 1 aliphatic carbocycles. The number of nitrogens with zero attached hydrogens (tertiary/aromatic N) is 4. The van der Waals surface area contributed by atoms with Crippen molar-refractivity contribution in [1.29, 1.82) is 0 Å². The summed E-state index contributed by atoms with van der Waals surface area (Å²) in [6, 6.07) is 3.88. The molecule has 2 aromatic rings. The van der Waals surface area contributed by atoms with Crippen LogP contribution in [0.1, 0.15) is 38.1 Å². The van der Waals surface area contributed by atoms with Crippen LogP contribution in [0.4, 0.5) is 10.6 Å². The van der Waals surface area contributed by atoms with Crippen LogP contribution >= 0.6 is 0 Å². The first-order valence-corrected chi connectivity index (χ1v) is 9.46. The highest BCUT2D eigenvalue weighted by molar-refractivity contribution is 5.88. The Morgan fingerprint density at radius 2 is 2.15 bits per heavy atom. The molecule has 2 N–H and O–H groups in total. The minimum atomic E-state index is -0.182. The Morgan fingerprint density at radius 3 is 2.96 bits per heavy atom. The van der Waals surface area contributed by atoms with Gasteiger partial charge in [0.1, 0.15) is 5.82 Å². The number of amides is 2. The van der Waals surface area contributed by atoms with Crippen LogP contribution in [-0.2, 0) is 11.3 Å². The smallest absolute Gasteiger partial charge is 0.320 e. The van der Waals surface area contributed by atoms with Crippen LogP contribution < -0.4 is 10.6 Å². The van der Waals surface area contributed by atoms with Crippen molar-refractivity contribution in [3.05, 3.63) is 30.7 Å². The summed E-state index contributed by atoms with van der Waals surface area (Å²) >= 11 is 0. The number of anilines is 1. The lowest BCUT2D eigenvalue weighted by molar-refractivity contribution is 0.181. The molecule has 2 aromatic heterocycles. The Balaban J connectivity index is 1.37. The monoisotopic (exact) mass is 358 g/mol. The van der Waals surface area contributed by atoms with Gasteiger partial charge in [0.25, 0.3) is 0 Å². The van der Waals surface area contributed by atoms with Crippen molar-refractivity contribution in [2.24, 2.45) is 5.92 Å². The van der Waals surface area contributed by atoms with Gasteiger partial charge < -0.3 is 10.1 Å². The fourth-order valence-corrected chi connectivity index (χ4v) is 3.95. The van der Waals surface area contributed by atoms with Crippen LogP contribution in [0.15, 0.2) is 30.7 Å². The summed E-state index contributed by atoms with van der Waals surface area (Å²) in [5, 5.41) is 14.8. The van der Waals surface area contributed by atoms with Gasteiger partial charge in [-0.3, -0.25) is 10.00 Å². The predicted octanol–water partition coefficient (Wildman–Crippen LogP) is 2.42. The van der Waals surface area contributed by atoms with Crippen LogP contribution in [0, 0.1) is 5.92 Å². The van der Waals surface area contributed by atoms with Crippen molar-refractivity contribution >= 4 is 11.8 Å². The summed E-state index contributed by atoms with van der Waals surface area (Å²) < 4.78 is 9.24. The van der Waals surface area contributed by atoms with Crippen molar-refractivity contribution in [2.75, 3.05) is 18.5 Å². The first kappa shape index (κ1) is 17.1. The van der Waals surface area contributed by atoms with Crippen molar-refractivity contribution < 1.29 is 9.53 Å². The zero-order chi connectivity index (χ0) is 17.8. The molecule has 1 saturated carbocycles. The fourth-order valence-electron chi connectivity index (χ4n) is 3.95. The minimum absolute atomic E-state index is 0.0863. The van der Waals surface area contributed by atoms with Crippen molar-refractivity contribution in [1.82, 2.24) is 24.9 Å². The van der Waals surface area contributed by atoms with E-state index in [1.165, 1.54) is 6.42 Å². The summed E-state index contributed by atoms with van der Waals surface area (Å²) in [6.07, 6.45) is 10.8. The van der Waals surface area contributed by atoms with Gasteiger partial charge in [-0.15, -0.1) is 0 Å². The van der Waals surface area contributed by atoms with Crippen LogP contribution in [-0.4, -0.2) is 44.8 Å². The Bertz CT molecular complexity index is 707. The molecule has 0 spiro atoms. The third-order valence-corrected chi connectivity index (χ3v) is 5.32. The van der Waals surface area contributed by atoms with E-state index >= 15 is 0 Å². The maximum Gasteiger partial charge on any atom is 0.320 e. The van der Waals surface area contributed by atoms with E-state index in [1.54, 1.807) is 12.4 Å². The zero-order valence-corrected chi connectivity index (χ0v) is 14.9. The number of carbonyl (C=O) groups is 1. The molecule has 3 unspecified atom stereocenters. The molecule has 140 valence electrons. The van der Waals surface area contributed by atoms with Gasteiger partial charge in [-0.2, -0.15) is 10.2 Å². The number of ether oxygens (including phenoxy) is 1. The van der Waals surface area contributed by atoms with E-state index in [0.29, 0.717) is 5.92 Å². The van der Waals surface area contributed by atoms with Crippen LogP contribution in [0.2, 0.25) is 0 Å². The number of rotatable bonds is 5. The fraction of sp³-hybridized carbons (Fsp3) is 0.611. The average Bonchev–Trinajstić information content (AvgIpc) is 3.39. The van der Waals surface area contributed by atoms with Gasteiger partial charge in [0.2, 0.25) is 0 Å². The molecule has 0 bridgehead atoms. The van der Waals surface area contributed by atoms with Gasteiger partial charge in [0, 0.05) is 37.5 Å². The summed E-state index contributed by atoms with van der Waals surface area (Å²) in [5.74, 6) is 1.18. The van der Waals surface area contributed by atoms with E-state index < -0.39 is 0 Å². The second-order valence-corrected chi connectivity index (χ2v) is 7.17. The number of urea groups is 1. The number of aromatic nitrogens is 4. The molecule has 8 heteroatoms. The van der Waals surface area contributed by atoms with E-state index in [-0.39, 0.29) is 18.1 Å². The van der Waals surface area contributed by atoms with E-state index in [9.17, 15) is 4.79 Å². The molecule has 0 radical (unpaired) electrons. The topological polar surface area (TPSA) is 86.0 Å². The van der Waals surface area contributed by atoms with E-state index in [0.717, 1.165) is 51.3 Å². The maximum absolute atomic E-state index is 12.6. The highest BCUT2D eigenvalue weighted by Crippen LogP contribution is 2.28. The van der Waals surface area contributed by atoms with Gasteiger partial charge in [-0.05, 0) is 25.3 Å². The van der Waals surface area contributed by atoms with Crippen molar-refractivity contribution in [3.8, 4) is 0 Å². The molecule has 1 saturated heterocycles. The lowest BCUT2D eigenvalue weighted by atomic mass is 9.90. The standard InChI is InChI=1S/C18H26N6O2/c25-18(21-15-4-1-2-5-16(15)23-10-3-8-19-23)22-17-6-9-20-24(17)12-14-7-11-26-13-14/h3,6,8-10,14-16H,1-2,4-5,7,11-13H2,(H2,21,22,25). The highest BCUT2D eigenvalue weighted by atomic mass is 16.5. The second kappa shape index (κ2) is 7.90. The third kappa shape index (κ3) is 3.90. The zero-order valence-electron chi connectivity index (χ0n) is 14.9. The number of hydrogen-bond donors (Lipinski definition) is 2. The maximum atomic E-state index is 12.6. The number of hydrogen-bond acceptors (Lipinski definition) is 4. The van der Waals surface area contributed by atoms with Gasteiger partial charge in [-0.1, -0.05) is 12.8 Å². The average molecular weight is 358 g/mol. The van der Waals surface area contributed by atoms with E-state index in [4.69, 9.17) is 4.74 Å². The molecule has 3 atom stereocenters. The molecular formula is C18H26N6O2. The Morgan fingerprint density at radius 1 is 1.23 bits per heavy atom. The quantitative estimate of drug-likeness (QED) is 0.859. The summed E-state index contributed by atoms with van der Waals surface area (Å²) in [4.78, 5) is 12.6. The summed E-state index contributed by atoms with van der Waals surface area (Å²) in [6.45, 7) is 2.34. The minimum Gasteiger partial charge on any atom is -0.381 e. The van der Waals surface area contributed by atoms with Gasteiger partial charge in [0.15, 0.2) is 0 Å². The molecule has 0 aromatic carbocycles. The van der Waals surface area contributed by atoms with Gasteiger partial charge >= 0.3 is 6.03 Å². The molecule has 4 rings (SSSR count). The second-order valence-electron chi connectivity index (χ2n) is 7.17. The Hall–Kier alpha value is -2.35. The molecule has 2 amide bonds. The van der Waals surface area contributed by atoms with E-state index in [2.05, 4.69) is 20.8 Å². The van der Waals surface area contributed by atoms with Crippen LogP contribution in [0.3, 0.4) is 0 Å². The first-order valence-electron chi connectivity index (χ1n) is 9.46. The molecular weight excluding hydrogens is 332 g/mol. The summed E-state index contributed by atoms with van der Waals surface area (Å²) in [5.41, 5.74) is 0. The number of carbonyl (C=O) groups excluding carboxylic acids is 1. The lowest BCUT2D eigenvalue weighted by Gasteiger charge is -2.32. The van der Waals surface area contributed by atoms with Gasteiger partial charge in [-0.25, -0.2) is 9.48 Å². The highest BCUT2D eigenvalue weighted by Gasteiger charge is 2.28. The molecule has 8 nitrogen and oxygen atoms in total. The first-order chi connectivity index (χ1) is 12.8. The van der Waals surface area contributed by atoms with Crippen LogP contribution in [0.5, 0.6) is 0 Å². The Kier molecular flexibility index (Phi) is 5.19. The predicted molar refractivity (Wildman–Crippen MR) is 96.8 cm³/mol. The molecule has 26 heavy (non-hydrogen) atoms. The molecule has 3 heterocycles. The van der Waals surface area contributed by atoms with Gasteiger partial charge in [0.05, 0.1) is 24.9 Å². The Labute approximate surface area is 152 Å². The number of nitrogens with one attached hydrogen (secondary N) is 2. The molecule has 2 fully saturated rings. The largest absolute Gasteiger partial charge is 0.381 e.